The number of nitro groups is 1. The van der Waals surface area contributed by atoms with Gasteiger partial charge in [-0.15, -0.1) is 0 Å². The van der Waals surface area contributed by atoms with Gasteiger partial charge in [-0.1, -0.05) is 23.4 Å². The Labute approximate surface area is 170 Å². The molecule has 1 N–H and O–H groups in total. The molecule has 0 amide bonds. The van der Waals surface area contributed by atoms with E-state index < -0.39 is 16.8 Å². The summed E-state index contributed by atoms with van der Waals surface area (Å²) in [4.78, 5) is 29.2. The van der Waals surface area contributed by atoms with Crippen molar-refractivity contribution in [1.29, 1.82) is 0 Å². The van der Waals surface area contributed by atoms with Crippen LogP contribution in [0.1, 0.15) is 52.5 Å². The fourth-order valence-corrected chi connectivity index (χ4v) is 3.33. The Morgan fingerprint density at radius 2 is 2.00 bits per heavy atom. The Morgan fingerprint density at radius 3 is 2.62 bits per heavy atom. The van der Waals surface area contributed by atoms with Crippen molar-refractivity contribution >= 4 is 17.9 Å². The highest BCUT2D eigenvalue weighted by Crippen LogP contribution is 2.42. The fourth-order valence-electron chi connectivity index (χ4n) is 3.33. The zero-order chi connectivity index (χ0) is 21.6. The van der Waals surface area contributed by atoms with Crippen LogP contribution < -0.4 is 5.32 Å². The lowest BCUT2D eigenvalue weighted by Gasteiger charge is -2.31. The number of nitro benzene ring substituents is 1. The summed E-state index contributed by atoms with van der Waals surface area (Å²) >= 11 is 0. The SMILES string of the molecule is CCOC(=O)C1=C(C)NC(C)=C(CC=NOC(C)C)C1c1ccccc1[N+](=O)[O-]. The summed E-state index contributed by atoms with van der Waals surface area (Å²) in [5.74, 6) is -1.12. The molecule has 1 heterocycles. The number of allylic oxidation sites excluding steroid dienone is 3. The predicted molar refractivity (Wildman–Crippen MR) is 110 cm³/mol. The first-order valence-corrected chi connectivity index (χ1v) is 9.53. The minimum absolute atomic E-state index is 0.0466. The number of oxime groups is 1. The van der Waals surface area contributed by atoms with Crippen molar-refractivity contribution in [3.63, 3.8) is 0 Å². The smallest absolute Gasteiger partial charge is 0.336 e. The number of esters is 1. The van der Waals surface area contributed by atoms with E-state index in [1.54, 1.807) is 38.3 Å². The minimum atomic E-state index is -0.623. The maximum Gasteiger partial charge on any atom is 0.336 e. The van der Waals surface area contributed by atoms with Crippen molar-refractivity contribution < 1.29 is 19.3 Å². The highest BCUT2D eigenvalue weighted by atomic mass is 16.6. The molecule has 1 aromatic rings. The van der Waals surface area contributed by atoms with Crippen molar-refractivity contribution in [3.8, 4) is 0 Å². The van der Waals surface area contributed by atoms with Gasteiger partial charge < -0.3 is 14.9 Å². The molecule has 29 heavy (non-hydrogen) atoms. The molecule has 0 aromatic heterocycles. The number of para-hydroxylation sites is 1. The summed E-state index contributed by atoms with van der Waals surface area (Å²) in [5.41, 5.74) is 2.98. The molecule has 0 spiro atoms. The highest BCUT2D eigenvalue weighted by Gasteiger charge is 2.36. The summed E-state index contributed by atoms with van der Waals surface area (Å²) in [5, 5.41) is 18.8. The van der Waals surface area contributed by atoms with Crippen LogP contribution >= 0.6 is 0 Å². The Morgan fingerprint density at radius 1 is 1.31 bits per heavy atom. The van der Waals surface area contributed by atoms with Crippen LogP contribution in [0.4, 0.5) is 5.69 Å². The first-order chi connectivity index (χ1) is 13.8. The number of nitrogens with zero attached hydrogens (tertiary/aromatic N) is 2. The Balaban J connectivity index is 2.59. The Bertz CT molecular complexity index is 871. The van der Waals surface area contributed by atoms with Gasteiger partial charge in [0.25, 0.3) is 5.69 Å². The molecule has 1 aliphatic rings. The average Bonchev–Trinajstić information content (AvgIpc) is 2.65. The van der Waals surface area contributed by atoms with Crippen LogP contribution in [0.5, 0.6) is 0 Å². The van der Waals surface area contributed by atoms with Crippen LogP contribution in [0.2, 0.25) is 0 Å². The lowest BCUT2D eigenvalue weighted by molar-refractivity contribution is -0.385. The molecule has 1 aromatic carbocycles. The van der Waals surface area contributed by atoms with Crippen LogP contribution in [-0.4, -0.2) is 29.8 Å². The summed E-state index contributed by atoms with van der Waals surface area (Å²) in [6, 6.07) is 6.46. The van der Waals surface area contributed by atoms with Crippen LogP contribution in [0.3, 0.4) is 0 Å². The van der Waals surface area contributed by atoms with E-state index in [2.05, 4.69) is 10.5 Å². The Kier molecular flexibility index (Phi) is 7.52. The van der Waals surface area contributed by atoms with E-state index >= 15 is 0 Å². The molecule has 1 unspecified atom stereocenters. The number of carbonyl (C=O) groups is 1. The van der Waals surface area contributed by atoms with Gasteiger partial charge in [0.15, 0.2) is 0 Å². The lowest BCUT2D eigenvalue weighted by Crippen LogP contribution is -2.29. The minimum Gasteiger partial charge on any atom is -0.463 e. The van der Waals surface area contributed by atoms with E-state index in [1.807, 2.05) is 20.8 Å². The first kappa shape index (κ1) is 22.1. The van der Waals surface area contributed by atoms with E-state index in [1.165, 1.54) is 6.07 Å². The highest BCUT2D eigenvalue weighted by molar-refractivity contribution is 5.93. The summed E-state index contributed by atoms with van der Waals surface area (Å²) in [6.07, 6.45) is 1.90. The molecule has 2 rings (SSSR count). The lowest BCUT2D eigenvalue weighted by atomic mass is 9.78. The van der Waals surface area contributed by atoms with Crippen LogP contribution in [0.15, 0.2) is 52.0 Å². The van der Waals surface area contributed by atoms with Crippen LogP contribution in [0.25, 0.3) is 0 Å². The maximum absolute atomic E-state index is 12.8. The molecule has 156 valence electrons. The molecule has 0 bridgehead atoms. The second-order valence-corrected chi connectivity index (χ2v) is 6.93. The molecule has 1 aliphatic heterocycles. The maximum atomic E-state index is 12.8. The number of carbonyl (C=O) groups excluding carboxylic acids is 1. The molecular weight excluding hydrogens is 374 g/mol. The van der Waals surface area contributed by atoms with Crippen molar-refractivity contribution in [1.82, 2.24) is 5.32 Å². The molecule has 8 heteroatoms. The topological polar surface area (TPSA) is 103 Å². The third-order valence-electron chi connectivity index (χ3n) is 4.50. The van der Waals surface area contributed by atoms with Crippen molar-refractivity contribution in [2.75, 3.05) is 6.61 Å². The first-order valence-electron chi connectivity index (χ1n) is 9.53. The average molecular weight is 401 g/mol. The number of benzene rings is 1. The number of hydrogen-bond donors (Lipinski definition) is 1. The molecule has 0 saturated carbocycles. The zero-order valence-corrected chi connectivity index (χ0v) is 17.4. The van der Waals surface area contributed by atoms with E-state index in [4.69, 9.17) is 9.57 Å². The van der Waals surface area contributed by atoms with E-state index in [0.717, 1.165) is 11.3 Å². The third kappa shape index (κ3) is 5.22. The van der Waals surface area contributed by atoms with E-state index in [9.17, 15) is 14.9 Å². The number of dihydropyridines is 1. The van der Waals surface area contributed by atoms with E-state index in [-0.39, 0.29) is 18.4 Å². The monoisotopic (exact) mass is 401 g/mol. The number of nitrogens with one attached hydrogen (secondary N) is 1. The molecular formula is C21H27N3O5. The normalized spacial score (nSPS) is 17.0. The van der Waals surface area contributed by atoms with Gasteiger partial charge >= 0.3 is 5.97 Å². The van der Waals surface area contributed by atoms with Gasteiger partial charge in [-0.05, 0) is 40.2 Å². The van der Waals surface area contributed by atoms with Crippen molar-refractivity contribution in [3.05, 3.63) is 62.5 Å². The third-order valence-corrected chi connectivity index (χ3v) is 4.50. The Hall–Kier alpha value is -3.16. The number of hydrogen-bond acceptors (Lipinski definition) is 7. The van der Waals surface area contributed by atoms with Crippen molar-refractivity contribution in [2.45, 2.75) is 53.1 Å². The molecule has 8 nitrogen and oxygen atoms in total. The van der Waals surface area contributed by atoms with E-state index in [0.29, 0.717) is 23.3 Å². The molecule has 1 atom stereocenters. The zero-order valence-electron chi connectivity index (χ0n) is 17.4. The molecule has 0 saturated heterocycles. The second-order valence-electron chi connectivity index (χ2n) is 6.93. The van der Waals surface area contributed by atoms with Crippen LogP contribution in [0, 0.1) is 10.1 Å². The van der Waals surface area contributed by atoms with Gasteiger partial charge in [0.1, 0.15) is 6.10 Å². The summed E-state index contributed by atoms with van der Waals surface area (Å²) in [7, 11) is 0. The van der Waals surface area contributed by atoms with Gasteiger partial charge in [-0.3, -0.25) is 10.1 Å². The molecule has 0 fully saturated rings. The summed E-state index contributed by atoms with van der Waals surface area (Å²) in [6.45, 7) is 9.31. The van der Waals surface area contributed by atoms with Crippen LogP contribution in [-0.2, 0) is 14.4 Å². The van der Waals surface area contributed by atoms with Gasteiger partial charge in [0.05, 0.1) is 17.1 Å². The number of ether oxygens (including phenoxy) is 1. The fraction of sp³-hybridized carbons (Fsp3) is 0.429. The number of rotatable bonds is 8. The molecule has 0 radical (unpaired) electrons. The second kappa shape index (κ2) is 9.86. The van der Waals surface area contributed by atoms with Crippen molar-refractivity contribution in [2.24, 2.45) is 5.16 Å². The van der Waals surface area contributed by atoms with Gasteiger partial charge in [-0.2, -0.15) is 0 Å². The quantitative estimate of drug-likeness (QED) is 0.303. The summed E-state index contributed by atoms with van der Waals surface area (Å²) < 4.78 is 5.26. The van der Waals surface area contributed by atoms with Gasteiger partial charge in [0, 0.05) is 41.6 Å². The largest absolute Gasteiger partial charge is 0.463 e. The van der Waals surface area contributed by atoms with Gasteiger partial charge in [0.2, 0.25) is 0 Å². The standard InChI is InChI=1S/C21H27N3O5/c1-6-28-21(25)19-15(5)23-14(4)16(11-12-22-29-13(2)3)20(19)17-9-7-8-10-18(17)24(26)27/h7-10,12-13,20,23H,6,11H2,1-5H3. The van der Waals surface area contributed by atoms with Gasteiger partial charge in [-0.25, -0.2) is 4.79 Å². The predicted octanol–water partition coefficient (Wildman–Crippen LogP) is 4.19. The molecule has 0 aliphatic carbocycles.